The molecule has 1 saturated carbocycles. The Labute approximate surface area is 192 Å². The Morgan fingerprint density at radius 1 is 1.12 bits per heavy atom. The summed E-state index contributed by atoms with van der Waals surface area (Å²) in [7, 11) is 1.80. The Kier molecular flexibility index (Phi) is 6.77. The van der Waals surface area contributed by atoms with Gasteiger partial charge in [-0.05, 0) is 44.2 Å². The Bertz CT molecular complexity index is 1070. The third-order valence-corrected chi connectivity index (χ3v) is 6.35. The zero-order chi connectivity index (χ0) is 22.7. The molecule has 1 aromatic carbocycles. The van der Waals surface area contributed by atoms with Gasteiger partial charge in [-0.15, -0.1) is 0 Å². The van der Waals surface area contributed by atoms with E-state index in [1.54, 1.807) is 11.7 Å². The lowest BCUT2D eigenvalue weighted by atomic mass is 9.85. The molecule has 2 amide bonds. The summed E-state index contributed by atoms with van der Waals surface area (Å²) in [6, 6.07) is 9.37. The van der Waals surface area contributed by atoms with Crippen molar-refractivity contribution in [2.75, 3.05) is 10.6 Å². The molecule has 168 valence electrons. The lowest BCUT2D eigenvalue weighted by Gasteiger charge is -2.25. The van der Waals surface area contributed by atoms with Crippen LogP contribution in [0.4, 0.5) is 11.5 Å². The van der Waals surface area contributed by atoms with E-state index < -0.39 is 0 Å². The van der Waals surface area contributed by atoms with E-state index in [1.807, 2.05) is 42.5 Å². The Hall–Kier alpha value is -2.90. The van der Waals surface area contributed by atoms with E-state index in [0.29, 0.717) is 22.1 Å². The number of halogens is 1. The summed E-state index contributed by atoms with van der Waals surface area (Å²) < 4.78 is 1.66. The molecular weight excluding hydrogens is 426 g/mol. The van der Waals surface area contributed by atoms with Crippen molar-refractivity contribution in [3.05, 3.63) is 53.1 Å². The first kappa shape index (κ1) is 22.3. The van der Waals surface area contributed by atoms with Gasteiger partial charge in [0.15, 0.2) is 0 Å². The fourth-order valence-electron chi connectivity index (χ4n) is 4.19. The molecule has 1 fully saturated rings. The third kappa shape index (κ3) is 5.11. The standard InChI is InChI=1S/C24H28ClN5O2/c1-30-22(28-23(31)16-5-4-6-17(26)13-16)14-21(29-30)15-9-11-18(12-10-15)27-24(32)19-7-2-3-8-20(19)25/h7-12,14,16-17H,2-6,13,26H2,1H3,(H,27,32)(H,28,31)/t16?,17-/m0/s1. The number of allylic oxidation sites excluding steroid dienone is 2. The number of hydrogen-bond donors (Lipinski definition) is 3. The molecular formula is C24H28ClN5O2. The number of aryl methyl sites for hydroxylation is 1. The zero-order valence-electron chi connectivity index (χ0n) is 18.1. The smallest absolute Gasteiger partial charge is 0.256 e. The second-order valence-corrected chi connectivity index (χ2v) is 8.84. The van der Waals surface area contributed by atoms with Crippen LogP contribution in [0.1, 0.15) is 38.5 Å². The normalized spacial score (nSPS) is 20.8. The largest absolute Gasteiger partial charge is 0.328 e. The lowest BCUT2D eigenvalue weighted by Crippen LogP contribution is -2.34. The molecule has 0 aliphatic heterocycles. The van der Waals surface area contributed by atoms with Gasteiger partial charge in [-0.25, -0.2) is 0 Å². The average molecular weight is 454 g/mol. The summed E-state index contributed by atoms with van der Waals surface area (Å²) in [5.74, 6) is 0.372. The topological polar surface area (TPSA) is 102 Å². The molecule has 2 aliphatic rings. The summed E-state index contributed by atoms with van der Waals surface area (Å²) in [6.45, 7) is 0. The van der Waals surface area contributed by atoms with Crippen molar-refractivity contribution in [2.45, 2.75) is 44.6 Å². The highest BCUT2D eigenvalue weighted by Crippen LogP contribution is 2.27. The highest BCUT2D eigenvalue weighted by atomic mass is 35.5. The van der Waals surface area contributed by atoms with E-state index >= 15 is 0 Å². The number of aromatic nitrogens is 2. The molecule has 0 radical (unpaired) electrons. The van der Waals surface area contributed by atoms with Crippen molar-refractivity contribution in [1.82, 2.24) is 9.78 Å². The van der Waals surface area contributed by atoms with Crippen molar-refractivity contribution in [3.63, 3.8) is 0 Å². The SMILES string of the molecule is Cn1nc(-c2ccc(NC(=O)C3=CCCC=C3Cl)cc2)cc1NC(=O)C1CCC[C@H](N)C1. The van der Waals surface area contributed by atoms with Gasteiger partial charge in [-0.2, -0.15) is 5.10 Å². The molecule has 2 aliphatic carbocycles. The number of nitrogens with one attached hydrogen (secondary N) is 2. The van der Waals surface area contributed by atoms with Crippen molar-refractivity contribution in [1.29, 1.82) is 0 Å². The highest BCUT2D eigenvalue weighted by Gasteiger charge is 2.26. The van der Waals surface area contributed by atoms with Crippen LogP contribution in [-0.2, 0) is 16.6 Å². The molecule has 0 saturated heterocycles. The second kappa shape index (κ2) is 9.71. The van der Waals surface area contributed by atoms with E-state index in [1.165, 1.54) is 0 Å². The molecule has 32 heavy (non-hydrogen) atoms. The molecule has 4 rings (SSSR count). The summed E-state index contributed by atoms with van der Waals surface area (Å²) in [5.41, 5.74) is 8.82. The maximum absolute atomic E-state index is 12.6. The number of amides is 2. The van der Waals surface area contributed by atoms with Crippen LogP contribution in [0, 0.1) is 5.92 Å². The van der Waals surface area contributed by atoms with Gasteiger partial charge in [-0.1, -0.05) is 42.3 Å². The Morgan fingerprint density at radius 3 is 2.59 bits per heavy atom. The summed E-state index contributed by atoms with van der Waals surface area (Å²) >= 11 is 6.14. The molecule has 0 spiro atoms. The molecule has 4 N–H and O–H groups in total. The van der Waals surface area contributed by atoms with Crippen LogP contribution in [0.2, 0.25) is 0 Å². The third-order valence-electron chi connectivity index (χ3n) is 6.00. The fraction of sp³-hybridized carbons (Fsp3) is 0.375. The van der Waals surface area contributed by atoms with E-state index in [4.69, 9.17) is 17.3 Å². The van der Waals surface area contributed by atoms with Crippen LogP contribution in [0.15, 0.2) is 53.1 Å². The number of rotatable bonds is 5. The van der Waals surface area contributed by atoms with Crippen LogP contribution >= 0.6 is 11.6 Å². The summed E-state index contributed by atoms with van der Waals surface area (Å²) in [4.78, 5) is 25.1. The highest BCUT2D eigenvalue weighted by molar-refractivity contribution is 6.36. The van der Waals surface area contributed by atoms with Gasteiger partial charge >= 0.3 is 0 Å². The predicted octanol–water partition coefficient (Wildman–Crippen LogP) is 4.32. The monoisotopic (exact) mass is 453 g/mol. The van der Waals surface area contributed by atoms with E-state index in [0.717, 1.165) is 49.8 Å². The zero-order valence-corrected chi connectivity index (χ0v) is 18.9. The van der Waals surface area contributed by atoms with Crippen molar-refractivity contribution >= 4 is 34.9 Å². The van der Waals surface area contributed by atoms with E-state index in [2.05, 4.69) is 15.7 Å². The maximum atomic E-state index is 12.6. The predicted molar refractivity (Wildman–Crippen MR) is 127 cm³/mol. The fourth-order valence-corrected chi connectivity index (χ4v) is 4.46. The first-order valence-corrected chi connectivity index (χ1v) is 11.4. The van der Waals surface area contributed by atoms with Gasteiger partial charge in [0.05, 0.1) is 11.3 Å². The minimum Gasteiger partial charge on any atom is -0.328 e. The first-order chi connectivity index (χ1) is 15.4. The van der Waals surface area contributed by atoms with Gasteiger partial charge in [-0.3, -0.25) is 14.3 Å². The van der Waals surface area contributed by atoms with Crippen molar-refractivity contribution < 1.29 is 9.59 Å². The molecule has 8 heteroatoms. The minimum absolute atomic E-state index is 0.00233. The number of nitrogens with zero attached hydrogens (tertiary/aromatic N) is 2. The summed E-state index contributed by atoms with van der Waals surface area (Å²) in [6.07, 6.45) is 8.94. The van der Waals surface area contributed by atoms with Gasteiger partial charge < -0.3 is 16.4 Å². The van der Waals surface area contributed by atoms with Gasteiger partial charge in [0.1, 0.15) is 5.82 Å². The number of nitrogens with two attached hydrogens (primary N) is 1. The number of carbonyl (C=O) groups is 2. The number of benzene rings is 1. The molecule has 2 aromatic rings. The van der Waals surface area contributed by atoms with Crippen molar-refractivity contribution in [2.24, 2.45) is 18.7 Å². The van der Waals surface area contributed by atoms with Gasteiger partial charge in [0.25, 0.3) is 5.91 Å². The van der Waals surface area contributed by atoms with Crippen LogP contribution in [-0.4, -0.2) is 27.6 Å². The van der Waals surface area contributed by atoms with Gasteiger partial charge in [0, 0.05) is 41.4 Å². The summed E-state index contributed by atoms with van der Waals surface area (Å²) in [5, 5.41) is 10.9. The molecule has 1 heterocycles. The van der Waals surface area contributed by atoms with Gasteiger partial charge in [0.2, 0.25) is 5.91 Å². The minimum atomic E-state index is -0.219. The van der Waals surface area contributed by atoms with Crippen LogP contribution in [0.3, 0.4) is 0 Å². The lowest BCUT2D eigenvalue weighted by molar-refractivity contribution is -0.121. The second-order valence-electron chi connectivity index (χ2n) is 8.43. The van der Waals surface area contributed by atoms with Crippen molar-refractivity contribution in [3.8, 4) is 11.3 Å². The van der Waals surface area contributed by atoms with Crippen LogP contribution in [0.25, 0.3) is 11.3 Å². The Balaban J connectivity index is 1.41. The molecule has 1 unspecified atom stereocenters. The van der Waals surface area contributed by atoms with Crippen LogP contribution in [0.5, 0.6) is 0 Å². The van der Waals surface area contributed by atoms with Crippen LogP contribution < -0.4 is 16.4 Å². The van der Waals surface area contributed by atoms with E-state index in [-0.39, 0.29) is 23.8 Å². The molecule has 1 aromatic heterocycles. The Morgan fingerprint density at radius 2 is 1.88 bits per heavy atom. The maximum Gasteiger partial charge on any atom is 0.256 e. The molecule has 7 nitrogen and oxygen atoms in total. The number of anilines is 2. The first-order valence-electron chi connectivity index (χ1n) is 11.0. The van der Waals surface area contributed by atoms with E-state index in [9.17, 15) is 9.59 Å². The number of hydrogen-bond acceptors (Lipinski definition) is 4. The average Bonchev–Trinajstić information content (AvgIpc) is 3.14. The molecule has 0 bridgehead atoms. The quantitative estimate of drug-likeness (QED) is 0.627. The number of carbonyl (C=O) groups excluding carboxylic acids is 2. The molecule has 2 atom stereocenters.